The maximum Gasteiger partial charge on any atom is 0.289 e. The summed E-state index contributed by atoms with van der Waals surface area (Å²) in [6.07, 6.45) is 4.73. The van der Waals surface area contributed by atoms with E-state index >= 15 is 0 Å². The van der Waals surface area contributed by atoms with E-state index in [1.807, 2.05) is 30.3 Å². The third-order valence-corrected chi connectivity index (χ3v) is 5.71. The Morgan fingerprint density at radius 2 is 1.93 bits per heavy atom. The Morgan fingerprint density at radius 3 is 2.67 bits per heavy atom. The van der Waals surface area contributed by atoms with Gasteiger partial charge in [-0.3, -0.25) is 19.3 Å². The summed E-state index contributed by atoms with van der Waals surface area (Å²) in [7, 11) is 0. The van der Waals surface area contributed by atoms with Crippen LogP contribution in [0.1, 0.15) is 36.2 Å². The molecule has 1 aliphatic heterocycles. The van der Waals surface area contributed by atoms with Gasteiger partial charge < -0.3 is 5.32 Å². The highest BCUT2D eigenvalue weighted by Crippen LogP contribution is 2.30. The van der Waals surface area contributed by atoms with Crippen LogP contribution in [0.3, 0.4) is 0 Å². The molecule has 27 heavy (non-hydrogen) atoms. The molecule has 2 heterocycles. The fourth-order valence-electron chi connectivity index (χ4n) is 3.57. The summed E-state index contributed by atoms with van der Waals surface area (Å²) in [5.74, 6) is -0.339. The highest BCUT2D eigenvalue weighted by molar-refractivity contribution is 8.14. The topological polar surface area (TPSA) is 97.2 Å². The molecule has 2 atom stereocenters. The molecule has 1 aromatic carbocycles. The largest absolute Gasteiger partial charge is 0.346 e. The molecule has 0 spiro atoms. The van der Waals surface area contributed by atoms with Crippen molar-refractivity contribution in [2.24, 2.45) is 0 Å². The fourth-order valence-corrected chi connectivity index (χ4v) is 4.33. The molecule has 0 bridgehead atoms. The molecule has 2 aliphatic rings. The van der Waals surface area contributed by atoms with Crippen LogP contribution in [0.2, 0.25) is 0 Å². The molecule has 1 N–H and O–H groups in total. The summed E-state index contributed by atoms with van der Waals surface area (Å²) in [5, 5.41) is 11.1. The molecule has 1 aliphatic carbocycles. The van der Waals surface area contributed by atoms with Crippen LogP contribution in [-0.4, -0.2) is 54.8 Å². The van der Waals surface area contributed by atoms with Crippen LogP contribution in [0.5, 0.6) is 0 Å². The third-order valence-electron chi connectivity index (χ3n) is 4.87. The van der Waals surface area contributed by atoms with Gasteiger partial charge in [0.15, 0.2) is 5.69 Å². The zero-order chi connectivity index (χ0) is 18.8. The average molecular weight is 385 g/mol. The van der Waals surface area contributed by atoms with Crippen molar-refractivity contribution in [1.29, 1.82) is 0 Å². The van der Waals surface area contributed by atoms with Crippen LogP contribution in [0.25, 0.3) is 5.69 Å². The van der Waals surface area contributed by atoms with Gasteiger partial charge in [0.1, 0.15) is 0 Å². The lowest BCUT2D eigenvalue weighted by Gasteiger charge is -2.36. The number of para-hydroxylation sites is 1. The number of hydrogen-bond acceptors (Lipinski definition) is 6. The molecule has 4 rings (SSSR count). The first-order chi connectivity index (χ1) is 13.1. The number of carbonyl (C=O) groups is 3. The smallest absolute Gasteiger partial charge is 0.289 e. The van der Waals surface area contributed by atoms with Gasteiger partial charge in [0.05, 0.1) is 29.7 Å². The highest BCUT2D eigenvalue weighted by atomic mass is 32.2. The fraction of sp³-hybridized carbons (Fsp3) is 0.389. The Kier molecular flexibility index (Phi) is 4.93. The van der Waals surface area contributed by atoms with Crippen molar-refractivity contribution in [2.75, 3.05) is 5.75 Å². The molecule has 2 fully saturated rings. The molecule has 3 amide bonds. The van der Waals surface area contributed by atoms with Gasteiger partial charge in [-0.05, 0) is 25.0 Å². The second-order valence-electron chi connectivity index (χ2n) is 6.60. The molecular weight excluding hydrogens is 366 g/mol. The minimum Gasteiger partial charge on any atom is -0.346 e. The predicted molar refractivity (Wildman–Crippen MR) is 99.6 cm³/mol. The molecule has 0 radical (unpaired) electrons. The molecule has 1 saturated heterocycles. The minimum absolute atomic E-state index is 0.175. The Labute approximate surface area is 160 Å². The minimum atomic E-state index is -0.346. The number of imide groups is 1. The number of benzene rings is 1. The van der Waals surface area contributed by atoms with Crippen molar-refractivity contribution in [1.82, 2.24) is 25.2 Å². The van der Waals surface area contributed by atoms with Gasteiger partial charge in [0.25, 0.3) is 11.1 Å². The van der Waals surface area contributed by atoms with Crippen LogP contribution in [-0.2, 0) is 4.79 Å². The molecule has 1 aromatic heterocycles. The summed E-state index contributed by atoms with van der Waals surface area (Å²) in [5.41, 5.74) is 0.967. The van der Waals surface area contributed by atoms with Crippen molar-refractivity contribution in [3.05, 3.63) is 42.2 Å². The predicted octanol–water partition coefficient (Wildman–Crippen LogP) is 2.00. The van der Waals surface area contributed by atoms with Gasteiger partial charge in [-0.15, -0.1) is 5.10 Å². The number of aromatic nitrogens is 3. The molecule has 1 saturated carbocycles. The number of amides is 3. The molecule has 9 heteroatoms. The van der Waals surface area contributed by atoms with Gasteiger partial charge in [-0.25, -0.2) is 0 Å². The van der Waals surface area contributed by atoms with Gasteiger partial charge >= 0.3 is 0 Å². The number of thioether (sulfide) groups is 1. The maximum atomic E-state index is 12.7. The van der Waals surface area contributed by atoms with Gasteiger partial charge in [0, 0.05) is 0 Å². The van der Waals surface area contributed by atoms with Crippen molar-refractivity contribution in [3.63, 3.8) is 0 Å². The number of nitrogens with zero attached hydrogens (tertiary/aromatic N) is 4. The first-order valence-electron chi connectivity index (χ1n) is 8.91. The lowest BCUT2D eigenvalue weighted by molar-refractivity contribution is -0.127. The zero-order valence-corrected chi connectivity index (χ0v) is 15.4. The summed E-state index contributed by atoms with van der Waals surface area (Å²) >= 11 is 1.02. The van der Waals surface area contributed by atoms with E-state index in [9.17, 15) is 14.4 Å². The number of nitrogens with one attached hydrogen (secondary N) is 1. The SMILES string of the molecule is O=C(N[C@@H]1CCCC[C@@H]1N1C(=O)CSC1=O)c1cnn(-c2ccccc2)n1. The normalized spacial score (nSPS) is 22.9. The Balaban J connectivity index is 1.49. The quantitative estimate of drug-likeness (QED) is 0.865. The van der Waals surface area contributed by atoms with Crippen LogP contribution in [0.4, 0.5) is 4.79 Å². The van der Waals surface area contributed by atoms with E-state index in [0.717, 1.165) is 36.7 Å². The number of hydrogen-bond donors (Lipinski definition) is 1. The van der Waals surface area contributed by atoms with Crippen molar-refractivity contribution in [2.45, 2.75) is 37.8 Å². The first kappa shape index (κ1) is 17.7. The van der Waals surface area contributed by atoms with Crippen LogP contribution in [0, 0.1) is 0 Å². The van der Waals surface area contributed by atoms with E-state index < -0.39 is 0 Å². The number of rotatable bonds is 4. The van der Waals surface area contributed by atoms with Crippen LogP contribution < -0.4 is 5.32 Å². The van der Waals surface area contributed by atoms with E-state index in [1.165, 1.54) is 15.9 Å². The Hall–Kier alpha value is -2.68. The number of carbonyl (C=O) groups excluding carboxylic acids is 3. The van der Waals surface area contributed by atoms with Crippen molar-refractivity contribution >= 4 is 28.8 Å². The van der Waals surface area contributed by atoms with E-state index in [1.54, 1.807) is 0 Å². The zero-order valence-electron chi connectivity index (χ0n) is 14.6. The third kappa shape index (κ3) is 3.59. The van der Waals surface area contributed by atoms with Crippen LogP contribution >= 0.6 is 11.8 Å². The van der Waals surface area contributed by atoms with Gasteiger partial charge in [-0.2, -0.15) is 9.90 Å². The molecular formula is C18H19N5O3S. The summed E-state index contributed by atoms with van der Waals surface area (Å²) in [6.45, 7) is 0. The second kappa shape index (κ2) is 7.51. The van der Waals surface area contributed by atoms with Gasteiger partial charge in [0.2, 0.25) is 5.91 Å². The van der Waals surface area contributed by atoms with E-state index in [4.69, 9.17) is 0 Å². The lowest BCUT2D eigenvalue weighted by Crippen LogP contribution is -2.54. The highest BCUT2D eigenvalue weighted by Gasteiger charge is 2.41. The summed E-state index contributed by atoms with van der Waals surface area (Å²) in [6, 6.07) is 8.77. The van der Waals surface area contributed by atoms with E-state index in [-0.39, 0.29) is 40.6 Å². The summed E-state index contributed by atoms with van der Waals surface area (Å²) < 4.78 is 0. The van der Waals surface area contributed by atoms with Crippen molar-refractivity contribution < 1.29 is 14.4 Å². The summed E-state index contributed by atoms with van der Waals surface area (Å²) in [4.78, 5) is 39.6. The van der Waals surface area contributed by atoms with Crippen molar-refractivity contribution in [3.8, 4) is 5.69 Å². The second-order valence-corrected chi connectivity index (χ2v) is 7.53. The van der Waals surface area contributed by atoms with E-state index in [2.05, 4.69) is 15.5 Å². The molecule has 2 aromatic rings. The van der Waals surface area contributed by atoms with Gasteiger partial charge in [-0.1, -0.05) is 42.8 Å². The van der Waals surface area contributed by atoms with Crippen LogP contribution in [0.15, 0.2) is 36.5 Å². The standard InChI is InChI=1S/C18H19N5O3S/c24-16-11-27-18(26)22(16)15-9-5-4-8-13(15)20-17(25)14-10-19-23(21-14)12-6-2-1-3-7-12/h1-3,6-7,10,13,15H,4-5,8-9,11H2,(H,20,25)/t13-,15+/m1/s1. The Bertz CT molecular complexity index is 853. The molecule has 0 unspecified atom stereocenters. The first-order valence-corrected chi connectivity index (χ1v) is 9.89. The van der Waals surface area contributed by atoms with E-state index in [0.29, 0.717) is 6.42 Å². The monoisotopic (exact) mass is 385 g/mol. The Morgan fingerprint density at radius 1 is 1.15 bits per heavy atom. The lowest BCUT2D eigenvalue weighted by atomic mass is 9.89. The average Bonchev–Trinajstić information content (AvgIpc) is 3.30. The molecule has 140 valence electrons. The maximum absolute atomic E-state index is 12.7. The molecule has 8 nitrogen and oxygen atoms in total.